The van der Waals surface area contributed by atoms with Crippen LogP contribution in [-0.4, -0.2) is 34.9 Å². The van der Waals surface area contributed by atoms with Crippen molar-refractivity contribution in [1.82, 2.24) is 10.2 Å². The summed E-state index contributed by atoms with van der Waals surface area (Å²) in [5, 5.41) is 14.0. The molecule has 0 aromatic heterocycles. The molecule has 0 bridgehead atoms. The summed E-state index contributed by atoms with van der Waals surface area (Å²) < 4.78 is 26.3. The molecule has 8 heteroatoms. The Morgan fingerprint density at radius 1 is 1.21 bits per heavy atom. The molecule has 1 aliphatic rings. The topological polar surface area (TPSA) is 75.5 Å². The maximum Gasteiger partial charge on any atom is 0.273 e. The zero-order valence-electron chi connectivity index (χ0n) is 15.5. The average Bonchev–Trinajstić information content (AvgIpc) is 2.66. The van der Waals surface area contributed by atoms with Gasteiger partial charge in [-0.1, -0.05) is 12.1 Å². The van der Waals surface area contributed by atoms with Crippen molar-refractivity contribution in [1.29, 1.82) is 0 Å². The molecule has 1 fully saturated rings. The molecule has 2 aromatic carbocycles. The molecule has 3 rings (SSSR count). The molecular weight excluding hydrogens is 368 g/mol. The predicted molar refractivity (Wildman–Crippen MR) is 100.0 cm³/mol. The Balaban J connectivity index is 1.55. The van der Waals surface area contributed by atoms with E-state index in [2.05, 4.69) is 10.2 Å². The molecule has 2 aromatic rings. The van der Waals surface area contributed by atoms with E-state index < -0.39 is 16.6 Å². The van der Waals surface area contributed by atoms with Crippen LogP contribution in [0, 0.1) is 28.7 Å². The Kier molecular flexibility index (Phi) is 5.99. The van der Waals surface area contributed by atoms with Gasteiger partial charge in [-0.05, 0) is 43.5 Å². The Hall–Kier alpha value is -2.87. The predicted octanol–water partition coefficient (Wildman–Crippen LogP) is 3.58. The number of carbonyl (C=O) groups is 1. The Labute approximate surface area is 161 Å². The van der Waals surface area contributed by atoms with Gasteiger partial charge >= 0.3 is 0 Å². The quantitative estimate of drug-likeness (QED) is 0.627. The molecule has 0 aliphatic carbocycles. The van der Waals surface area contributed by atoms with E-state index in [1.54, 1.807) is 19.1 Å². The molecule has 0 spiro atoms. The summed E-state index contributed by atoms with van der Waals surface area (Å²) in [5.74, 6) is -2.03. The van der Waals surface area contributed by atoms with Gasteiger partial charge in [-0.3, -0.25) is 19.8 Å². The van der Waals surface area contributed by atoms with Crippen LogP contribution in [0.5, 0.6) is 0 Å². The van der Waals surface area contributed by atoms with E-state index in [0.29, 0.717) is 49.2 Å². The SMILES string of the molecule is Cc1c(C(=O)NC2CCN(Cc3ccc(F)c(F)c3)CC2)cccc1[N+](=O)[O-]. The number of benzene rings is 2. The highest BCUT2D eigenvalue weighted by molar-refractivity contribution is 5.96. The zero-order valence-corrected chi connectivity index (χ0v) is 15.5. The lowest BCUT2D eigenvalue weighted by molar-refractivity contribution is -0.385. The van der Waals surface area contributed by atoms with Crippen molar-refractivity contribution in [2.75, 3.05) is 13.1 Å². The van der Waals surface area contributed by atoms with Crippen molar-refractivity contribution in [2.45, 2.75) is 32.4 Å². The highest BCUT2D eigenvalue weighted by Crippen LogP contribution is 2.22. The van der Waals surface area contributed by atoms with Gasteiger partial charge in [0.15, 0.2) is 11.6 Å². The molecule has 0 atom stereocenters. The molecule has 1 saturated heterocycles. The van der Waals surface area contributed by atoms with Crippen LogP contribution in [0.15, 0.2) is 36.4 Å². The minimum absolute atomic E-state index is 0.0348. The summed E-state index contributed by atoms with van der Waals surface area (Å²) in [6, 6.07) is 8.32. The summed E-state index contributed by atoms with van der Waals surface area (Å²) >= 11 is 0. The van der Waals surface area contributed by atoms with E-state index in [1.807, 2.05) is 0 Å². The van der Waals surface area contributed by atoms with E-state index in [4.69, 9.17) is 0 Å². The van der Waals surface area contributed by atoms with Crippen LogP contribution < -0.4 is 5.32 Å². The van der Waals surface area contributed by atoms with Gasteiger partial charge in [-0.2, -0.15) is 0 Å². The number of nitro groups is 1. The molecule has 1 N–H and O–H groups in total. The minimum atomic E-state index is -0.860. The number of hydrogen-bond donors (Lipinski definition) is 1. The van der Waals surface area contributed by atoms with Gasteiger partial charge in [0.05, 0.1) is 4.92 Å². The largest absolute Gasteiger partial charge is 0.349 e. The van der Waals surface area contributed by atoms with Gasteiger partial charge in [0.25, 0.3) is 11.6 Å². The fourth-order valence-electron chi connectivity index (χ4n) is 3.46. The first-order chi connectivity index (χ1) is 13.3. The first-order valence-corrected chi connectivity index (χ1v) is 9.06. The van der Waals surface area contributed by atoms with Crippen molar-refractivity contribution in [3.05, 3.63) is 74.8 Å². The van der Waals surface area contributed by atoms with E-state index in [0.717, 1.165) is 6.07 Å². The van der Waals surface area contributed by atoms with Crippen molar-refractivity contribution in [3.63, 3.8) is 0 Å². The lowest BCUT2D eigenvalue weighted by Crippen LogP contribution is -2.44. The second-order valence-electron chi connectivity index (χ2n) is 6.98. The van der Waals surface area contributed by atoms with Crippen LogP contribution in [0.2, 0.25) is 0 Å². The van der Waals surface area contributed by atoms with Crippen molar-refractivity contribution >= 4 is 11.6 Å². The number of nitrogens with one attached hydrogen (secondary N) is 1. The van der Waals surface area contributed by atoms with Crippen molar-refractivity contribution in [2.24, 2.45) is 0 Å². The Morgan fingerprint density at radius 3 is 2.57 bits per heavy atom. The summed E-state index contributed by atoms with van der Waals surface area (Å²) in [6.07, 6.45) is 1.42. The molecule has 0 saturated carbocycles. The minimum Gasteiger partial charge on any atom is -0.349 e. The molecule has 1 amide bonds. The third kappa shape index (κ3) is 4.51. The molecule has 6 nitrogen and oxygen atoms in total. The number of amides is 1. The molecule has 28 heavy (non-hydrogen) atoms. The van der Waals surface area contributed by atoms with Gasteiger partial charge in [-0.15, -0.1) is 0 Å². The summed E-state index contributed by atoms with van der Waals surface area (Å²) in [6.45, 7) is 3.50. The van der Waals surface area contributed by atoms with Crippen LogP contribution in [-0.2, 0) is 6.54 Å². The van der Waals surface area contributed by atoms with Crippen LogP contribution >= 0.6 is 0 Å². The second-order valence-corrected chi connectivity index (χ2v) is 6.98. The Morgan fingerprint density at radius 2 is 1.93 bits per heavy atom. The molecule has 148 valence electrons. The lowest BCUT2D eigenvalue weighted by atomic mass is 10.0. The number of hydrogen-bond acceptors (Lipinski definition) is 4. The first-order valence-electron chi connectivity index (χ1n) is 9.06. The maximum atomic E-state index is 13.3. The van der Waals surface area contributed by atoms with Gasteiger partial charge in [0, 0.05) is 42.9 Å². The number of rotatable bonds is 5. The normalized spacial score (nSPS) is 15.4. The van der Waals surface area contributed by atoms with Crippen molar-refractivity contribution < 1.29 is 18.5 Å². The lowest BCUT2D eigenvalue weighted by Gasteiger charge is -2.32. The van der Waals surface area contributed by atoms with Crippen molar-refractivity contribution in [3.8, 4) is 0 Å². The van der Waals surface area contributed by atoms with E-state index in [1.165, 1.54) is 18.2 Å². The number of nitro benzene ring substituents is 1. The van der Waals surface area contributed by atoms with E-state index in [-0.39, 0.29) is 17.6 Å². The van der Waals surface area contributed by atoms with Crippen LogP contribution in [0.3, 0.4) is 0 Å². The van der Waals surface area contributed by atoms with Crippen LogP contribution in [0.25, 0.3) is 0 Å². The molecule has 1 aliphatic heterocycles. The number of halogens is 2. The zero-order chi connectivity index (χ0) is 20.3. The number of carbonyl (C=O) groups excluding carboxylic acids is 1. The van der Waals surface area contributed by atoms with Gasteiger partial charge in [0.1, 0.15) is 0 Å². The van der Waals surface area contributed by atoms with Gasteiger partial charge in [-0.25, -0.2) is 8.78 Å². The summed E-state index contributed by atoms with van der Waals surface area (Å²) in [7, 11) is 0. The monoisotopic (exact) mass is 389 g/mol. The number of likely N-dealkylation sites (tertiary alicyclic amines) is 1. The van der Waals surface area contributed by atoms with E-state index in [9.17, 15) is 23.7 Å². The average molecular weight is 389 g/mol. The van der Waals surface area contributed by atoms with Crippen LogP contribution in [0.1, 0.15) is 34.3 Å². The number of piperidine rings is 1. The van der Waals surface area contributed by atoms with Gasteiger partial charge in [0.2, 0.25) is 0 Å². The standard InChI is InChI=1S/C20H21F2N3O3/c1-13-16(3-2-4-19(13)25(27)28)20(26)23-15-7-9-24(10-8-15)12-14-5-6-17(21)18(22)11-14/h2-6,11,15H,7-10,12H2,1H3,(H,23,26). The molecule has 0 unspecified atom stereocenters. The summed E-state index contributed by atoms with van der Waals surface area (Å²) in [5.41, 5.74) is 1.28. The third-order valence-corrected chi connectivity index (χ3v) is 5.06. The highest BCUT2D eigenvalue weighted by atomic mass is 19.2. The summed E-state index contributed by atoms with van der Waals surface area (Å²) in [4.78, 5) is 25.2. The molecule has 0 radical (unpaired) electrons. The Bertz CT molecular complexity index is 896. The fraction of sp³-hybridized carbons (Fsp3) is 0.350. The first kappa shape index (κ1) is 19.9. The third-order valence-electron chi connectivity index (χ3n) is 5.06. The van der Waals surface area contributed by atoms with Crippen LogP contribution in [0.4, 0.5) is 14.5 Å². The fourth-order valence-corrected chi connectivity index (χ4v) is 3.46. The maximum absolute atomic E-state index is 13.3. The van der Waals surface area contributed by atoms with Gasteiger partial charge < -0.3 is 5.32 Å². The smallest absolute Gasteiger partial charge is 0.273 e. The second kappa shape index (κ2) is 8.43. The van der Waals surface area contributed by atoms with E-state index >= 15 is 0 Å². The highest BCUT2D eigenvalue weighted by Gasteiger charge is 2.24. The molecular formula is C20H21F2N3O3. The molecule has 1 heterocycles. The number of nitrogens with zero attached hydrogens (tertiary/aromatic N) is 2.